The SMILES string of the molecule is CCCC1CCC(Nc2ncc(C(=O)O)cc2N)CC1. The van der Waals surface area contributed by atoms with E-state index < -0.39 is 5.97 Å². The van der Waals surface area contributed by atoms with E-state index in [-0.39, 0.29) is 5.56 Å². The van der Waals surface area contributed by atoms with E-state index in [4.69, 9.17) is 10.8 Å². The van der Waals surface area contributed by atoms with Crippen molar-refractivity contribution in [3.8, 4) is 0 Å². The second-order valence-corrected chi connectivity index (χ2v) is 5.62. The van der Waals surface area contributed by atoms with Crippen molar-refractivity contribution in [1.82, 2.24) is 4.98 Å². The van der Waals surface area contributed by atoms with Gasteiger partial charge in [-0.05, 0) is 37.7 Å². The molecule has 5 nitrogen and oxygen atoms in total. The summed E-state index contributed by atoms with van der Waals surface area (Å²) in [6.45, 7) is 2.24. The highest BCUT2D eigenvalue weighted by molar-refractivity contribution is 5.89. The number of carboxylic acid groups (broad SMARTS) is 1. The van der Waals surface area contributed by atoms with Gasteiger partial charge in [0.25, 0.3) is 0 Å². The first kappa shape index (κ1) is 14.6. The minimum absolute atomic E-state index is 0.125. The van der Waals surface area contributed by atoms with Crippen molar-refractivity contribution in [3.05, 3.63) is 17.8 Å². The number of nitrogen functional groups attached to an aromatic ring is 1. The molecule has 20 heavy (non-hydrogen) atoms. The Morgan fingerprint density at radius 3 is 2.70 bits per heavy atom. The van der Waals surface area contributed by atoms with Gasteiger partial charge in [-0.15, -0.1) is 0 Å². The number of pyridine rings is 1. The summed E-state index contributed by atoms with van der Waals surface area (Å²) in [6.07, 6.45) is 8.69. The summed E-state index contributed by atoms with van der Waals surface area (Å²) < 4.78 is 0. The number of rotatable bonds is 5. The van der Waals surface area contributed by atoms with Crippen molar-refractivity contribution in [3.63, 3.8) is 0 Å². The van der Waals surface area contributed by atoms with Gasteiger partial charge < -0.3 is 16.2 Å². The number of aromatic nitrogens is 1. The first-order valence-corrected chi connectivity index (χ1v) is 7.35. The van der Waals surface area contributed by atoms with E-state index >= 15 is 0 Å². The molecule has 1 aromatic heterocycles. The normalized spacial score (nSPS) is 22.4. The molecule has 0 bridgehead atoms. The Balaban J connectivity index is 1.93. The molecule has 1 heterocycles. The van der Waals surface area contributed by atoms with Gasteiger partial charge in [-0.3, -0.25) is 0 Å². The molecule has 1 aromatic rings. The summed E-state index contributed by atoms with van der Waals surface area (Å²) in [5.41, 5.74) is 6.39. The Morgan fingerprint density at radius 2 is 2.15 bits per heavy atom. The summed E-state index contributed by atoms with van der Waals surface area (Å²) in [6, 6.07) is 1.86. The van der Waals surface area contributed by atoms with Gasteiger partial charge in [0.15, 0.2) is 0 Å². The average molecular weight is 277 g/mol. The predicted molar refractivity (Wildman–Crippen MR) is 79.9 cm³/mol. The molecule has 2 rings (SSSR count). The van der Waals surface area contributed by atoms with Crippen LogP contribution >= 0.6 is 0 Å². The number of carbonyl (C=O) groups is 1. The number of aromatic carboxylic acids is 1. The van der Waals surface area contributed by atoms with E-state index in [1.165, 1.54) is 37.9 Å². The van der Waals surface area contributed by atoms with Crippen LogP contribution < -0.4 is 11.1 Å². The van der Waals surface area contributed by atoms with Crippen LogP contribution in [0.5, 0.6) is 0 Å². The van der Waals surface area contributed by atoms with Crippen molar-refractivity contribution in [2.75, 3.05) is 11.1 Å². The number of hydrogen-bond donors (Lipinski definition) is 3. The van der Waals surface area contributed by atoms with Gasteiger partial charge in [0, 0.05) is 12.2 Å². The van der Waals surface area contributed by atoms with Crippen LogP contribution in [-0.2, 0) is 0 Å². The molecule has 0 amide bonds. The second-order valence-electron chi connectivity index (χ2n) is 5.62. The minimum atomic E-state index is -1.00. The maximum absolute atomic E-state index is 10.8. The van der Waals surface area contributed by atoms with Crippen LogP contribution in [0, 0.1) is 5.92 Å². The standard InChI is InChI=1S/C15H23N3O2/c1-2-3-10-4-6-12(7-5-10)18-14-13(16)8-11(9-17-14)15(19)20/h8-10,12H,2-7,16H2,1H3,(H,17,18)(H,19,20). The van der Waals surface area contributed by atoms with Crippen LogP contribution in [0.25, 0.3) is 0 Å². The number of nitrogens with two attached hydrogens (primary N) is 1. The zero-order valence-electron chi connectivity index (χ0n) is 11.9. The van der Waals surface area contributed by atoms with Crippen molar-refractivity contribution in [1.29, 1.82) is 0 Å². The van der Waals surface area contributed by atoms with Crippen LogP contribution in [0.2, 0.25) is 0 Å². The summed E-state index contributed by atoms with van der Waals surface area (Å²) in [5, 5.41) is 12.2. The molecule has 0 unspecified atom stereocenters. The molecule has 5 heteroatoms. The molecule has 0 radical (unpaired) electrons. The molecule has 1 saturated carbocycles. The molecule has 110 valence electrons. The number of carboxylic acids is 1. The third kappa shape index (κ3) is 3.62. The lowest BCUT2D eigenvalue weighted by Crippen LogP contribution is -2.27. The molecule has 0 atom stereocenters. The summed E-state index contributed by atoms with van der Waals surface area (Å²) >= 11 is 0. The van der Waals surface area contributed by atoms with Crippen LogP contribution in [0.1, 0.15) is 55.8 Å². The number of anilines is 2. The highest BCUT2D eigenvalue weighted by Gasteiger charge is 2.21. The Kier molecular flexibility index (Phi) is 4.82. The molecular formula is C15H23N3O2. The lowest BCUT2D eigenvalue weighted by molar-refractivity contribution is 0.0696. The van der Waals surface area contributed by atoms with E-state index in [1.807, 2.05) is 0 Å². The maximum Gasteiger partial charge on any atom is 0.337 e. The highest BCUT2D eigenvalue weighted by atomic mass is 16.4. The second kappa shape index (κ2) is 6.59. The first-order chi connectivity index (χ1) is 9.60. The maximum atomic E-state index is 10.8. The van der Waals surface area contributed by atoms with Crippen molar-refractivity contribution >= 4 is 17.5 Å². The van der Waals surface area contributed by atoms with Gasteiger partial charge in [-0.1, -0.05) is 19.8 Å². The van der Waals surface area contributed by atoms with Gasteiger partial charge in [0.1, 0.15) is 5.82 Å². The lowest BCUT2D eigenvalue weighted by atomic mass is 9.83. The Bertz CT molecular complexity index is 468. The fraction of sp³-hybridized carbons (Fsp3) is 0.600. The predicted octanol–water partition coefficient (Wildman–Crippen LogP) is 3.13. The topological polar surface area (TPSA) is 88.2 Å². The molecule has 1 aliphatic rings. The third-order valence-corrected chi connectivity index (χ3v) is 4.05. The van der Waals surface area contributed by atoms with Crippen molar-refractivity contribution < 1.29 is 9.90 Å². The summed E-state index contributed by atoms with van der Waals surface area (Å²) in [7, 11) is 0. The largest absolute Gasteiger partial charge is 0.478 e. The quantitative estimate of drug-likeness (QED) is 0.769. The molecule has 0 aliphatic heterocycles. The monoisotopic (exact) mass is 277 g/mol. The molecule has 1 aliphatic carbocycles. The average Bonchev–Trinajstić information content (AvgIpc) is 2.43. The number of nitrogens with one attached hydrogen (secondary N) is 1. The molecule has 0 saturated heterocycles. The zero-order valence-corrected chi connectivity index (χ0v) is 11.9. The fourth-order valence-corrected chi connectivity index (χ4v) is 2.92. The Labute approximate surface area is 119 Å². The van der Waals surface area contributed by atoms with Crippen molar-refractivity contribution in [2.24, 2.45) is 5.92 Å². The van der Waals surface area contributed by atoms with E-state index in [0.29, 0.717) is 17.5 Å². The van der Waals surface area contributed by atoms with Crippen molar-refractivity contribution in [2.45, 2.75) is 51.5 Å². The van der Waals surface area contributed by atoms with E-state index in [2.05, 4.69) is 17.2 Å². The molecular weight excluding hydrogens is 254 g/mol. The Morgan fingerprint density at radius 1 is 1.45 bits per heavy atom. The van der Waals surface area contributed by atoms with Crippen LogP contribution in [0.15, 0.2) is 12.3 Å². The van der Waals surface area contributed by atoms with Gasteiger partial charge in [0.2, 0.25) is 0 Å². The lowest BCUT2D eigenvalue weighted by Gasteiger charge is -2.29. The Hall–Kier alpha value is -1.78. The third-order valence-electron chi connectivity index (χ3n) is 4.05. The van der Waals surface area contributed by atoms with E-state index in [9.17, 15) is 4.79 Å². The van der Waals surface area contributed by atoms with Crippen LogP contribution in [0.4, 0.5) is 11.5 Å². The fourth-order valence-electron chi connectivity index (χ4n) is 2.92. The number of hydrogen-bond acceptors (Lipinski definition) is 4. The van der Waals surface area contributed by atoms with Gasteiger partial charge >= 0.3 is 5.97 Å². The molecule has 1 fully saturated rings. The van der Waals surface area contributed by atoms with E-state index in [1.54, 1.807) is 0 Å². The minimum Gasteiger partial charge on any atom is -0.478 e. The molecule has 0 spiro atoms. The molecule has 0 aromatic carbocycles. The van der Waals surface area contributed by atoms with E-state index in [0.717, 1.165) is 18.8 Å². The zero-order chi connectivity index (χ0) is 14.5. The summed E-state index contributed by atoms with van der Waals surface area (Å²) in [5.74, 6) is 0.461. The van der Waals surface area contributed by atoms with Gasteiger partial charge in [-0.25, -0.2) is 9.78 Å². The first-order valence-electron chi connectivity index (χ1n) is 7.35. The van der Waals surface area contributed by atoms with Crippen LogP contribution in [-0.4, -0.2) is 22.1 Å². The molecule has 4 N–H and O–H groups in total. The number of nitrogens with zero attached hydrogens (tertiary/aromatic N) is 1. The highest BCUT2D eigenvalue weighted by Crippen LogP contribution is 2.30. The summed E-state index contributed by atoms with van der Waals surface area (Å²) in [4.78, 5) is 15.0. The smallest absolute Gasteiger partial charge is 0.337 e. The van der Waals surface area contributed by atoms with Crippen LogP contribution in [0.3, 0.4) is 0 Å². The van der Waals surface area contributed by atoms with Gasteiger partial charge in [-0.2, -0.15) is 0 Å². The van der Waals surface area contributed by atoms with Gasteiger partial charge in [0.05, 0.1) is 11.3 Å².